The molecule has 1 saturated carbocycles. The average Bonchev–Trinajstić information content (AvgIpc) is 2.96. The van der Waals surface area contributed by atoms with E-state index in [4.69, 9.17) is 4.74 Å². The quantitative estimate of drug-likeness (QED) is 0.601. The first-order chi connectivity index (χ1) is 12.9. The molecule has 3 aliphatic rings. The molecule has 1 aromatic rings. The molecular formula is C23H31NO3. The lowest BCUT2D eigenvalue weighted by Gasteiger charge is -2.42. The van der Waals surface area contributed by atoms with Crippen molar-refractivity contribution < 1.29 is 14.3 Å². The zero-order chi connectivity index (χ0) is 19.2. The van der Waals surface area contributed by atoms with Crippen molar-refractivity contribution in [1.29, 1.82) is 0 Å². The standard InChI is InChI=1S/C23H31NO3/c1-15(2)19-9-8-16(3)12-20(19)27-22(26)23-13-17-6-4-5-7-18(17)14-24(23)11-10-21(23)25/h4-7,15-16,19-20H,8-14H2,1-3H3/t16-,19+,20-,23+/m1/s1. The summed E-state index contributed by atoms with van der Waals surface area (Å²) in [5.74, 6) is 1.17. The monoisotopic (exact) mass is 369 g/mol. The maximum Gasteiger partial charge on any atom is 0.335 e. The molecule has 1 saturated heterocycles. The van der Waals surface area contributed by atoms with Crippen LogP contribution in [0.5, 0.6) is 0 Å². The molecule has 0 N–H and O–H groups in total. The van der Waals surface area contributed by atoms with E-state index < -0.39 is 5.54 Å². The van der Waals surface area contributed by atoms with E-state index in [0.29, 0.717) is 43.7 Å². The Bertz CT molecular complexity index is 743. The van der Waals surface area contributed by atoms with Crippen molar-refractivity contribution in [3.63, 3.8) is 0 Å². The zero-order valence-electron chi connectivity index (χ0n) is 16.7. The van der Waals surface area contributed by atoms with Gasteiger partial charge in [-0.1, -0.05) is 51.5 Å². The molecule has 0 bridgehead atoms. The molecule has 0 radical (unpaired) electrons. The van der Waals surface area contributed by atoms with Crippen molar-refractivity contribution in [2.75, 3.05) is 6.54 Å². The predicted molar refractivity (Wildman–Crippen MR) is 104 cm³/mol. The Morgan fingerprint density at radius 3 is 2.70 bits per heavy atom. The second-order valence-corrected chi connectivity index (χ2v) is 9.17. The summed E-state index contributed by atoms with van der Waals surface area (Å²) in [4.78, 5) is 28.5. The number of Topliss-reactive ketones (excluding diaryl/α,β-unsaturated/α-hetero) is 1. The highest BCUT2D eigenvalue weighted by atomic mass is 16.5. The van der Waals surface area contributed by atoms with E-state index in [1.807, 2.05) is 18.2 Å². The molecule has 0 aromatic heterocycles. The van der Waals surface area contributed by atoms with Crippen LogP contribution in [-0.4, -0.2) is 34.8 Å². The Morgan fingerprint density at radius 1 is 1.22 bits per heavy atom. The Hall–Kier alpha value is -1.68. The number of ether oxygens (including phenoxy) is 1. The second kappa shape index (κ2) is 7.05. The maximum absolute atomic E-state index is 13.5. The minimum absolute atomic E-state index is 0.0342. The minimum atomic E-state index is -1.10. The molecular weight excluding hydrogens is 338 g/mol. The van der Waals surface area contributed by atoms with E-state index in [2.05, 4.69) is 31.7 Å². The molecule has 2 aliphatic heterocycles. The van der Waals surface area contributed by atoms with Crippen LogP contribution < -0.4 is 0 Å². The molecule has 4 heteroatoms. The summed E-state index contributed by atoms with van der Waals surface area (Å²) in [6.07, 6.45) is 4.04. The van der Waals surface area contributed by atoms with Crippen LogP contribution in [0.4, 0.5) is 0 Å². The van der Waals surface area contributed by atoms with Gasteiger partial charge in [0, 0.05) is 25.9 Å². The van der Waals surface area contributed by atoms with Gasteiger partial charge in [0.15, 0.2) is 11.3 Å². The summed E-state index contributed by atoms with van der Waals surface area (Å²) in [5, 5.41) is 0. The summed E-state index contributed by atoms with van der Waals surface area (Å²) in [7, 11) is 0. The zero-order valence-corrected chi connectivity index (χ0v) is 16.7. The number of ketones is 1. The Balaban J connectivity index is 1.62. The summed E-state index contributed by atoms with van der Waals surface area (Å²) in [6.45, 7) is 7.97. The van der Waals surface area contributed by atoms with Gasteiger partial charge in [0.05, 0.1) is 0 Å². The number of fused-ring (bicyclic) bond motifs is 2. The fourth-order valence-corrected chi connectivity index (χ4v) is 5.40. The summed E-state index contributed by atoms with van der Waals surface area (Å²) < 4.78 is 6.16. The predicted octanol–water partition coefficient (Wildman–Crippen LogP) is 3.76. The maximum atomic E-state index is 13.5. The van der Waals surface area contributed by atoms with Gasteiger partial charge in [-0.15, -0.1) is 0 Å². The van der Waals surface area contributed by atoms with Crippen LogP contribution in [-0.2, 0) is 27.3 Å². The van der Waals surface area contributed by atoms with E-state index in [0.717, 1.165) is 18.4 Å². The van der Waals surface area contributed by atoms with Crippen LogP contribution in [0.2, 0.25) is 0 Å². The van der Waals surface area contributed by atoms with Gasteiger partial charge in [-0.25, -0.2) is 4.79 Å². The van der Waals surface area contributed by atoms with Crippen molar-refractivity contribution in [3.8, 4) is 0 Å². The normalized spacial score (nSPS) is 33.6. The van der Waals surface area contributed by atoms with Crippen molar-refractivity contribution in [2.24, 2.45) is 17.8 Å². The molecule has 4 rings (SSSR count). The van der Waals surface area contributed by atoms with E-state index in [9.17, 15) is 9.59 Å². The van der Waals surface area contributed by atoms with E-state index >= 15 is 0 Å². The van der Waals surface area contributed by atoms with Crippen molar-refractivity contribution in [3.05, 3.63) is 35.4 Å². The summed E-state index contributed by atoms with van der Waals surface area (Å²) in [6, 6.07) is 8.17. The van der Waals surface area contributed by atoms with Gasteiger partial charge in [-0.05, 0) is 41.7 Å². The van der Waals surface area contributed by atoms with Gasteiger partial charge in [0.1, 0.15) is 6.10 Å². The largest absolute Gasteiger partial charge is 0.460 e. The highest BCUT2D eigenvalue weighted by Crippen LogP contribution is 2.41. The van der Waals surface area contributed by atoms with E-state index in [-0.39, 0.29) is 17.9 Å². The van der Waals surface area contributed by atoms with E-state index in [1.54, 1.807) is 0 Å². The SMILES string of the molecule is CC(C)[C@@H]1CC[C@@H](C)C[C@H]1OC(=O)[C@@]12Cc3ccccc3CN1CCC2=O. The smallest absolute Gasteiger partial charge is 0.335 e. The Labute approximate surface area is 162 Å². The number of esters is 1. The highest BCUT2D eigenvalue weighted by molar-refractivity contribution is 6.10. The van der Waals surface area contributed by atoms with Crippen molar-refractivity contribution >= 4 is 11.8 Å². The van der Waals surface area contributed by atoms with Crippen LogP contribution >= 0.6 is 0 Å². The molecule has 2 heterocycles. The van der Waals surface area contributed by atoms with Gasteiger partial charge < -0.3 is 4.74 Å². The topological polar surface area (TPSA) is 46.6 Å². The van der Waals surface area contributed by atoms with Gasteiger partial charge in [0.25, 0.3) is 0 Å². The molecule has 1 aromatic carbocycles. The van der Waals surface area contributed by atoms with E-state index in [1.165, 1.54) is 12.0 Å². The second-order valence-electron chi connectivity index (χ2n) is 9.17. The van der Waals surface area contributed by atoms with Crippen LogP contribution in [0.3, 0.4) is 0 Å². The first-order valence-corrected chi connectivity index (χ1v) is 10.5. The molecule has 0 spiro atoms. The van der Waals surface area contributed by atoms with Crippen LogP contribution in [0, 0.1) is 17.8 Å². The third kappa shape index (κ3) is 3.12. The summed E-state index contributed by atoms with van der Waals surface area (Å²) in [5.41, 5.74) is 1.23. The number of hydrogen-bond donors (Lipinski definition) is 0. The third-order valence-electron chi connectivity index (χ3n) is 7.09. The molecule has 4 atom stereocenters. The molecule has 146 valence electrons. The van der Waals surface area contributed by atoms with Crippen LogP contribution in [0.15, 0.2) is 24.3 Å². The van der Waals surface area contributed by atoms with Crippen LogP contribution in [0.1, 0.15) is 57.6 Å². The molecule has 0 unspecified atom stereocenters. The number of rotatable bonds is 3. The fourth-order valence-electron chi connectivity index (χ4n) is 5.40. The third-order valence-corrected chi connectivity index (χ3v) is 7.09. The van der Waals surface area contributed by atoms with Gasteiger partial charge in [0.2, 0.25) is 0 Å². The van der Waals surface area contributed by atoms with Crippen molar-refractivity contribution in [2.45, 2.75) is 71.1 Å². The highest BCUT2D eigenvalue weighted by Gasteiger charge is 2.58. The lowest BCUT2D eigenvalue weighted by molar-refractivity contribution is -0.171. The minimum Gasteiger partial charge on any atom is -0.460 e. The first-order valence-electron chi connectivity index (χ1n) is 10.5. The number of nitrogens with zero attached hydrogens (tertiary/aromatic N) is 1. The lowest BCUT2D eigenvalue weighted by atomic mass is 9.75. The van der Waals surface area contributed by atoms with Crippen molar-refractivity contribution in [1.82, 2.24) is 4.90 Å². The molecule has 1 aliphatic carbocycles. The Kier molecular flexibility index (Phi) is 4.87. The number of hydrogen-bond acceptors (Lipinski definition) is 4. The summed E-state index contributed by atoms with van der Waals surface area (Å²) >= 11 is 0. The number of carbonyl (C=O) groups is 2. The first kappa shape index (κ1) is 18.7. The molecule has 27 heavy (non-hydrogen) atoms. The average molecular weight is 370 g/mol. The lowest BCUT2D eigenvalue weighted by Crippen LogP contribution is -2.60. The van der Waals surface area contributed by atoms with Gasteiger partial charge >= 0.3 is 5.97 Å². The van der Waals surface area contributed by atoms with Gasteiger partial charge in [-0.3, -0.25) is 9.69 Å². The van der Waals surface area contributed by atoms with Crippen LogP contribution in [0.25, 0.3) is 0 Å². The van der Waals surface area contributed by atoms with Gasteiger partial charge in [-0.2, -0.15) is 0 Å². The number of benzene rings is 1. The Morgan fingerprint density at radius 2 is 1.96 bits per heavy atom. The molecule has 2 fully saturated rings. The molecule has 0 amide bonds. The fraction of sp³-hybridized carbons (Fsp3) is 0.652. The molecule has 4 nitrogen and oxygen atoms in total. The number of carbonyl (C=O) groups excluding carboxylic acids is 2.